The number of fused-ring (bicyclic) bond motifs is 3. The Kier molecular flexibility index (Phi) is 7.74. The first-order chi connectivity index (χ1) is 19.3. The van der Waals surface area contributed by atoms with E-state index >= 15 is 0 Å². The van der Waals surface area contributed by atoms with E-state index in [9.17, 15) is 4.79 Å². The molecule has 1 N–H and O–H groups in total. The summed E-state index contributed by atoms with van der Waals surface area (Å²) in [5.74, 6) is 1.74. The monoisotopic (exact) mass is 547 g/mol. The predicted octanol–water partition coefficient (Wildman–Crippen LogP) is 4.68. The Morgan fingerprint density at radius 1 is 1.12 bits per heavy atom. The zero-order valence-corrected chi connectivity index (χ0v) is 23.9. The standard InChI is InChI=1S/C30H41N7O3/c1-30(2,3)40-29(38)36(25-8-5-21(6-9-25)18-31-10-11-35-12-14-39-15-13-35)28-32-19-24-20-33-37(27(24)34-28)26-17-22-4-7-23(26)16-22/h5-6,8-9,19-20,22-23,26,31H,4,7,10-18H2,1-3H3/t22-,23+,26+/m1/s1. The first-order valence-electron chi connectivity index (χ1n) is 14.7. The molecule has 2 aromatic heterocycles. The van der Waals surface area contributed by atoms with Gasteiger partial charge in [0.1, 0.15) is 5.60 Å². The summed E-state index contributed by atoms with van der Waals surface area (Å²) in [6, 6.07) is 8.30. The lowest BCUT2D eigenvalue weighted by Gasteiger charge is -2.27. The normalized spacial score (nSPS) is 23.1. The molecule has 6 rings (SSSR count). The molecule has 1 aliphatic heterocycles. The molecule has 3 heterocycles. The van der Waals surface area contributed by atoms with E-state index in [1.54, 1.807) is 6.20 Å². The minimum atomic E-state index is -0.658. The molecule has 1 saturated heterocycles. The van der Waals surface area contributed by atoms with E-state index in [2.05, 4.69) is 19.9 Å². The quantitative estimate of drug-likeness (QED) is 0.406. The molecule has 10 nitrogen and oxygen atoms in total. The summed E-state index contributed by atoms with van der Waals surface area (Å²) in [4.78, 5) is 26.9. The zero-order chi connectivity index (χ0) is 27.7. The predicted molar refractivity (Wildman–Crippen MR) is 154 cm³/mol. The molecule has 0 unspecified atom stereocenters. The van der Waals surface area contributed by atoms with Gasteiger partial charge < -0.3 is 14.8 Å². The molecule has 3 fully saturated rings. The fourth-order valence-corrected chi connectivity index (χ4v) is 6.36. The van der Waals surface area contributed by atoms with Gasteiger partial charge >= 0.3 is 6.09 Å². The van der Waals surface area contributed by atoms with Crippen molar-refractivity contribution < 1.29 is 14.3 Å². The number of nitrogens with one attached hydrogen (secondary N) is 1. The number of anilines is 2. The third kappa shape index (κ3) is 5.99. The maximum absolute atomic E-state index is 13.5. The second-order valence-corrected chi connectivity index (χ2v) is 12.4. The lowest BCUT2D eigenvalue weighted by molar-refractivity contribution is 0.0384. The van der Waals surface area contributed by atoms with Gasteiger partial charge in [-0.2, -0.15) is 10.1 Å². The molecule has 2 saturated carbocycles. The Bertz CT molecular complexity index is 1310. The molecule has 1 aromatic carbocycles. The molecule has 2 bridgehead atoms. The Morgan fingerprint density at radius 2 is 1.93 bits per heavy atom. The average molecular weight is 548 g/mol. The van der Waals surface area contributed by atoms with Crippen molar-refractivity contribution in [3.05, 3.63) is 42.2 Å². The van der Waals surface area contributed by atoms with Crippen molar-refractivity contribution in [3.8, 4) is 0 Å². The third-order valence-electron chi connectivity index (χ3n) is 8.34. The lowest BCUT2D eigenvalue weighted by Crippen LogP contribution is -2.40. The second-order valence-electron chi connectivity index (χ2n) is 12.4. The molecule has 40 heavy (non-hydrogen) atoms. The minimum Gasteiger partial charge on any atom is -0.443 e. The molecular formula is C30H41N7O3. The summed E-state index contributed by atoms with van der Waals surface area (Å²) in [6.07, 6.45) is 8.11. The van der Waals surface area contributed by atoms with E-state index in [0.29, 0.717) is 23.6 Å². The summed E-state index contributed by atoms with van der Waals surface area (Å²) in [7, 11) is 0. The number of amides is 1. The van der Waals surface area contributed by atoms with Crippen molar-refractivity contribution in [2.45, 2.75) is 64.6 Å². The van der Waals surface area contributed by atoms with Crippen LogP contribution in [0.3, 0.4) is 0 Å². The number of ether oxygens (including phenoxy) is 2. The summed E-state index contributed by atoms with van der Waals surface area (Å²) < 4.78 is 13.3. The van der Waals surface area contributed by atoms with Crippen LogP contribution in [0.15, 0.2) is 36.7 Å². The molecule has 10 heteroatoms. The van der Waals surface area contributed by atoms with E-state index < -0.39 is 11.7 Å². The van der Waals surface area contributed by atoms with Gasteiger partial charge in [0.25, 0.3) is 0 Å². The third-order valence-corrected chi connectivity index (χ3v) is 8.34. The first-order valence-corrected chi connectivity index (χ1v) is 14.7. The fraction of sp³-hybridized carbons (Fsp3) is 0.600. The highest BCUT2D eigenvalue weighted by atomic mass is 16.6. The highest BCUT2D eigenvalue weighted by molar-refractivity contribution is 5.95. The Labute approximate surface area is 236 Å². The van der Waals surface area contributed by atoms with E-state index in [0.717, 1.165) is 74.9 Å². The van der Waals surface area contributed by atoms with Crippen LogP contribution in [0.25, 0.3) is 11.0 Å². The second kappa shape index (κ2) is 11.4. The summed E-state index contributed by atoms with van der Waals surface area (Å²) in [6.45, 7) is 11.9. The van der Waals surface area contributed by atoms with Gasteiger partial charge in [0.2, 0.25) is 5.95 Å². The van der Waals surface area contributed by atoms with Gasteiger partial charge in [0.15, 0.2) is 5.65 Å². The van der Waals surface area contributed by atoms with Crippen LogP contribution in [-0.4, -0.2) is 75.7 Å². The molecule has 0 spiro atoms. The van der Waals surface area contributed by atoms with Crippen molar-refractivity contribution in [1.82, 2.24) is 30.0 Å². The Balaban J connectivity index is 1.21. The number of rotatable bonds is 8. The number of nitrogens with zero attached hydrogens (tertiary/aromatic N) is 6. The maximum Gasteiger partial charge on any atom is 0.421 e. The summed E-state index contributed by atoms with van der Waals surface area (Å²) in [5, 5.41) is 9.12. The van der Waals surface area contributed by atoms with E-state index in [1.807, 2.05) is 51.2 Å². The highest BCUT2D eigenvalue weighted by Crippen LogP contribution is 2.51. The average Bonchev–Trinajstić information content (AvgIpc) is 3.67. The number of carbonyl (C=O) groups is 1. The molecule has 0 radical (unpaired) electrons. The van der Waals surface area contributed by atoms with Gasteiger partial charge in [-0.15, -0.1) is 0 Å². The van der Waals surface area contributed by atoms with Crippen molar-refractivity contribution in [3.63, 3.8) is 0 Å². The van der Waals surface area contributed by atoms with E-state index in [1.165, 1.54) is 24.2 Å². The largest absolute Gasteiger partial charge is 0.443 e. The number of morpholine rings is 1. The van der Waals surface area contributed by atoms with Crippen LogP contribution >= 0.6 is 0 Å². The van der Waals surface area contributed by atoms with Crippen molar-refractivity contribution >= 4 is 28.8 Å². The van der Waals surface area contributed by atoms with Crippen LogP contribution in [0, 0.1) is 11.8 Å². The highest BCUT2D eigenvalue weighted by Gasteiger charge is 2.41. The topological polar surface area (TPSA) is 97.6 Å². The van der Waals surface area contributed by atoms with Gasteiger partial charge in [-0.05, 0) is 69.6 Å². The number of aromatic nitrogens is 4. The molecule has 1 amide bonds. The SMILES string of the molecule is CC(C)(C)OC(=O)N(c1ccc(CNCCN2CCOCC2)cc1)c1ncc2cnn([C@H]3C[C@@H]4CC[C@H]3C4)c2n1. The minimum absolute atomic E-state index is 0.294. The van der Waals surface area contributed by atoms with Crippen molar-refractivity contribution in [2.75, 3.05) is 44.3 Å². The van der Waals surface area contributed by atoms with Crippen molar-refractivity contribution in [2.24, 2.45) is 11.8 Å². The van der Waals surface area contributed by atoms with E-state index in [-0.39, 0.29) is 0 Å². The van der Waals surface area contributed by atoms with Gasteiger partial charge in [-0.3, -0.25) is 4.90 Å². The smallest absolute Gasteiger partial charge is 0.421 e. The van der Waals surface area contributed by atoms with Crippen LogP contribution < -0.4 is 10.2 Å². The van der Waals surface area contributed by atoms with Crippen molar-refractivity contribution in [1.29, 1.82) is 0 Å². The van der Waals surface area contributed by atoms with Gasteiger partial charge in [-0.1, -0.05) is 18.6 Å². The molecule has 3 aromatic rings. The summed E-state index contributed by atoms with van der Waals surface area (Å²) >= 11 is 0. The van der Waals surface area contributed by atoms with Crippen LogP contribution in [0.1, 0.15) is 58.1 Å². The number of hydrogen-bond acceptors (Lipinski definition) is 8. The van der Waals surface area contributed by atoms with Gasteiger partial charge in [0, 0.05) is 38.9 Å². The lowest BCUT2D eigenvalue weighted by atomic mass is 9.95. The van der Waals surface area contributed by atoms with Crippen LogP contribution in [0.4, 0.5) is 16.4 Å². The molecule has 214 valence electrons. The first kappa shape index (κ1) is 27.1. The Morgan fingerprint density at radius 3 is 2.62 bits per heavy atom. The van der Waals surface area contributed by atoms with Crippen LogP contribution in [0.2, 0.25) is 0 Å². The van der Waals surface area contributed by atoms with Crippen LogP contribution in [-0.2, 0) is 16.0 Å². The number of benzene rings is 1. The number of carbonyl (C=O) groups excluding carboxylic acids is 1. The summed E-state index contributed by atoms with van der Waals surface area (Å²) in [5.41, 5.74) is 1.92. The molecule has 3 aliphatic rings. The molecule has 3 atom stereocenters. The maximum atomic E-state index is 13.5. The van der Waals surface area contributed by atoms with Gasteiger partial charge in [0.05, 0.1) is 36.5 Å². The Hall–Kier alpha value is -3.08. The molecule has 2 aliphatic carbocycles. The van der Waals surface area contributed by atoms with Gasteiger partial charge in [-0.25, -0.2) is 19.4 Å². The van der Waals surface area contributed by atoms with Crippen LogP contribution in [0.5, 0.6) is 0 Å². The van der Waals surface area contributed by atoms with E-state index in [4.69, 9.17) is 19.6 Å². The number of hydrogen-bond donors (Lipinski definition) is 1. The fourth-order valence-electron chi connectivity index (χ4n) is 6.36. The molecular weight excluding hydrogens is 506 g/mol. The zero-order valence-electron chi connectivity index (χ0n) is 23.9.